The smallest absolute Gasteiger partial charge is 0.250 e. The van der Waals surface area contributed by atoms with Gasteiger partial charge >= 0.3 is 0 Å². The summed E-state index contributed by atoms with van der Waals surface area (Å²) in [6.07, 6.45) is 6.63. The van der Waals surface area contributed by atoms with Crippen molar-refractivity contribution < 1.29 is 4.74 Å². The minimum absolute atomic E-state index is 0.00392. The molecule has 0 fully saturated rings. The fourth-order valence-corrected chi connectivity index (χ4v) is 2.91. The maximum Gasteiger partial charge on any atom is 0.250 e. The first-order valence-electron chi connectivity index (χ1n) is 9.79. The van der Waals surface area contributed by atoms with Gasteiger partial charge in [-0.15, -0.1) is 0 Å². The molecule has 3 aromatic heterocycles. The van der Waals surface area contributed by atoms with Crippen molar-refractivity contribution in [3.05, 3.63) is 58.9 Å². The van der Waals surface area contributed by atoms with Gasteiger partial charge in [0.05, 0.1) is 18.0 Å². The third-order valence-corrected chi connectivity index (χ3v) is 4.90. The van der Waals surface area contributed by atoms with Gasteiger partial charge in [-0.05, 0) is 38.3 Å². The van der Waals surface area contributed by atoms with Crippen LogP contribution in [0.15, 0.2) is 47.7 Å². The summed E-state index contributed by atoms with van der Waals surface area (Å²) in [7, 11) is 0. The number of ether oxygens (including phenoxy) is 1. The average molecular weight is 380 g/mol. The number of aromatic nitrogens is 4. The van der Waals surface area contributed by atoms with Gasteiger partial charge < -0.3 is 9.30 Å². The summed E-state index contributed by atoms with van der Waals surface area (Å²) in [5.74, 6) is 1.07. The van der Waals surface area contributed by atoms with Gasteiger partial charge in [-0.25, -0.2) is 9.67 Å². The van der Waals surface area contributed by atoms with Crippen LogP contribution in [0.3, 0.4) is 0 Å². The summed E-state index contributed by atoms with van der Waals surface area (Å²) in [6, 6.07) is 7.30. The van der Waals surface area contributed by atoms with Crippen LogP contribution >= 0.6 is 0 Å². The van der Waals surface area contributed by atoms with E-state index in [0.29, 0.717) is 18.3 Å². The topological polar surface area (TPSA) is 61.9 Å². The van der Waals surface area contributed by atoms with E-state index in [9.17, 15) is 4.79 Å². The Balaban J connectivity index is 1.86. The van der Waals surface area contributed by atoms with Gasteiger partial charge in [-0.1, -0.05) is 20.8 Å². The first-order chi connectivity index (χ1) is 13.4. The monoisotopic (exact) mass is 380 g/mol. The molecule has 6 nitrogen and oxygen atoms in total. The summed E-state index contributed by atoms with van der Waals surface area (Å²) >= 11 is 0. The number of nitrogens with zero attached hydrogens (tertiary/aromatic N) is 4. The highest BCUT2D eigenvalue weighted by molar-refractivity contribution is 5.65. The largest absolute Gasteiger partial charge is 0.474 e. The molecule has 3 heterocycles. The molecule has 0 amide bonds. The van der Waals surface area contributed by atoms with Crippen molar-refractivity contribution in [3.63, 3.8) is 0 Å². The standard InChI is InChI=1S/C22H28N4O2/c1-6-11-25-14-19(7-10-22(25)27)26-13-18(12-23-26)20-8-9-21(24-16(20)4)28-17(5)15(2)3/h7-10,12-15,17H,6,11H2,1-5H3/t17-/m1/s1. The number of pyridine rings is 2. The number of aryl methyl sites for hydroxylation is 2. The van der Waals surface area contributed by atoms with Crippen LogP contribution in [-0.2, 0) is 6.54 Å². The minimum Gasteiger partial charge on any atom is -0.474 e. The Kier molecular flexibility index (Phi) is 5.97. The summed E-state index contributed by atoms with van der Waals surface area (Å²) in [6.45, 7) is 11.0. The zero-order chi connectivity index (χ0) is 20.3. The van der Waals surface area contributed by atoms with Gasteiger partial charge in [-0.3, -0.25) is 4.79 Å². The van der Waals surface area contributed by atoms with E-state index in [4.69, 9.17) is 4.74 Å². The van der Waals surface area contributed by atoms with E-state index in [0.717, 1.165) is 28.9 Å². The zero-order valence-corrected chi connectivity index (χ0v) is 17.2. The molecule has 28 heavy (non-hydrogen) atoms. The predicted molar refractivity (Wildman–Crippen MR) is 111 cm³/mol. The van der Waals surface area contributed by atoms with Crippen LogP contribution in [0.25, 0.3) is 16.8 Å². The molecule has 0 spiro atoms. The van der Waals surface area contributed by atoms with Gasteiger partial charge in [0.25, 0.3) is 5.56 Å². The maximum atomic E-state index is 11.9. The van der Waals surface area contributed by atoms with Crippen molar-refractivity contribution in [1.82, 2.24) is 19.3 Å². The second kappa shape index (κ2) is 8.42. The Labute approximate surface area is 165 Å². The second-order valence-corrected chi connectivity index (χ2v) is 7.44. The Morgan fingerprint density at radius 2 is 1.89 bits per heavy atom. The molecule has 3 aromatic rings. The first-order valence-corrected chi connectivity index (χ1v) is 9.79. The van der Waals surface area contributed by atoms with Crippen LogP contribution in [0.4, 0.5) is 0 Å². The summed E-state index contributed by atoms with van der Waals surface area (Å²) in [5.41, 5.74) is 3.74. The first kappa shape index (κ1) is 19.9. The molecule has 0 N–H and O–H groups in total. The van der Waals surface area contributed by atoms with Crippen LogP contribution in [-0.4, -0.2) is 25.4 Å². The minimum atomic E-state index is 0.00392. The molecule has 6 heteroatoms. The molecule has 0 aliphatic heterocycles. The molecule has 3 rings (SSSR count). The van der Waals surface area contributed by atoms with E-state index in [1.165, 1.54) is 0 Å². The van der Waals surface area contributed by atoms with Crippen molar-refractivity contribution in [2.75, 3.05) is 0 Å². The average Bonchev–Trinajstić information content (AvgIpc) is 3.13. The van der Waals surface area contributed by atoms with E-state index < -0.39 is 0 Å². The molecule has 0 aliphatic rings. The molecule has 0 saturated carbocycles. The van der Waals surface area contributed by atoms with E-state index in [1.54, 1.807) is 21.4 Å². The highest BCUT2D eigenvalue weighted by Crippen LogP contribution is 2.25. The van der Waals surface area contributed by atoms with Crippen molar-refractivity contribution in [1.29, 1.82) is 0 Å². The van der Waals surface area contributed by atoms with E-state index in [1.807, 2.05) is 37.6 Å². The van der Waals surface area contributed by atoms with E-state index in [-0.39, 0.29) is 11.7 Å². The number of hydrogen-bond acceptors (Lipinski definition) is 4. The highest BCUT2D eigenvalue weighted by atomic mass is 16.5. The summed E-state index contributed by atoms with van der Waals surface area (Å²) in [5, 5.41) is 4.47. The van der Waals surface area contributed by atoms with Crippen molar-refractivity contribution in [2.24, 2.45) is 5.92 Å². The molecule has 0 aliphatic carbocycles. The fourth-order valence-electron chi connectivity index (χ4n) is 2.91. The maximum absolute atomic E-state index is 11.9. The lowest BCUT2D eigenvalue weighted by atomic mass is 10.1. The van der Waals surface area contributed by atoms with E-state index in [2.05, 4.69) is 37.8 Å². The Morgan fingerprint density at radius 3 is 2.57 bits per heavy atom. The Morgan fingerprint density at radius 1 is 1.11 bits per heavy atom. The van der Waals surface area contributed by atoms with Crippen LogP contribution in [0.2, 0.25) is 0 Å². The Hall–Kier alpha value is -2.89. The summed E-state index contributed by atoms with van der Waals surface area (Å²) in [4.78, 5) is 16.5. The molecule has 0 unspecified atom stereocenters. The third kappa shape index (κ3) is 4.32. The number of rotatable bonds is 7. The van der Waals surface area contributed by atoms with Gasteiger partial charge in [0.15, 0.2) is 0 Å². The molecular formula is C22H28N4O2. The van der Waals surface area contributed by atoms with Crippen LogP contribution in [0, 0.1) is 12.8 Å². The van der Waals surface area contributed by atoms with E-state index >= 15 is 0 Å². The highest BCUT2D eigenvalue weighted by Gasteiger charge is 2.12. The second-order valence-electron chi connectivity index (χ2n) is 7.44. The molecule has 1 atom stereocenters. The van der Waals surface area contributed by atoms with Crippen molar-refractivity contribution in [2.45, 2.75) is 53.7 Å². The Bertz CT molecular complexity index is 1000. The normalized spacial score (nSPS) is 12.4. The fraction of sp³-hybridized carbons (Fsp3) is 0.409. The molecule has 0 aromatic carbocycles. The van der Waals surface area contributed by atoms with Crippen LogP contribution in [0.5, 0.6) is 5.88 Å². The van der Waals surface area contributed by atoms with Crippen LogP contribution < -0.4 is 10.3 Å². The lowest BCUT2D eigenvalue weighted by molar-refractivity contribution is 0.163. The van der Waals surface area contributed by atoms with Gasteiger partial charge in [0.1, 0.15) is 0 Å². The van der Waals surface area contributed by atoms with Crippen molar-refractivity contribution in [3.8, 4) is 22.7 Å². The van der Waals surface area contributed by atoms with Crippen molar-refractivity contribution >= 4 is 0 Å². The lowest BCUT2D eigenvalue weighted by Crippen LogP contribution is -2.19. The van der Waals surface area contributed by atoms with Crippen LogP contribution in [0.1, 0.15) is 39.8 Å². The van der Waals surface area contributed by atoms with Gasteiger partial charge in [-0.2, -0.15) is 5.10 Å². The number of hydrogen-bond donors (Lipinski definition) is 0. The SMILES string of the molecule is CCCn1cc(-n2cc(-c3ccc(O[C@H](C)C(C)C)nc3C)cn2)ccc1=O. The third-order valence-electron chi connectivity index (χ3n) is 4.90. The zero-order valence-electron chi connectivity index (χ0n) is 17.2. The molecule has 0 bridgehead atoms. The lowest BCUT2D eigenvalue weighted by Gasteiger charge is -2.17. The molecule has 0 saturated heterocycles. The summed E-state index contributed by atoms with van der Waals surface area (Å²) < 4.78 is 9.40. The molecule has 148 valence electrons. The molecule has 0 radical (unpaired) electrons. The quantitative estimate of drug-likeness (QED) is 0.615. The van der Waals surface area contributed by atoms with Gasteiger partial charge in [0, 0.05) is 47.9 Å². The molecular weight excluding hydrogens is 352 g/mol. The predicted octanol–water partition coefficient (Wildman–Crippen LogP) is 4.24. The van der Waals surface area contributed by atoms with Gasteiger partial charge in [0.2, 0.25) is 5.88 Å².